The second kappa shape index (κ2) is 4.80. The summed E-state index contributed by atoms with van der Waals surface area (Å²) in [5.41, 5.74) is 0.520. The highest BCUT2D eigenvalue weighted by molar-refractivity contribution is 9.10. The Morgan fingerprint density at radius 3 is 2.44 bits per heavy atom. The summed E-state index contributed by atoms with van der Waals surface area (Å²) in [5, 5.41) is 10.7. The molecule has 1 unspecified atom stereocenters. The minimum absolute atomic E-state index is 0.439. The van der Waals surface area contributed by atoms with Gasteiger partial charge in [-0.3, -0.25) is 0 Å². The minimum atomic E-state index is -0.621. The van der Waals surface area contributed by atoms with Gasteiger partial charge in [0.25, 0.3) is 0 Å². The Morgan fingerprint density at radius 2 is 1.89 bits per heavy atom. The van der Waals surface area contributed by atoms with Crippen molar-refractivity contribution in [2.24, 2.45) is 5.92 Å². The molecule has 3 saturated heterocycles. The first-order chi connectivity index (χ1) is 8.66. The molecular formula is C15H18BrNO. The average Bonchev–Trinajstić information content (AvgIpc) is 2.39. The van der Waals surface area contributed by atoms with Gasteiger partial charge in [-0.25, -0.2) is 0 Å². The van der Waals surface area contributed by atoms with E-state index in [4.69, 9.17) is 0 Å². The number of piperidine rings is 3. The van der Waals surface area contributed by atoms with Gasteiger partial charge in [-0.1, -0.05) is 40.2 Å². The van der Waals surface area contributed by atoms with Crippen LogP contribution in [0.15, 0.2) is 34.8 Å². The van der Waals surface area contributed by atoms with E-state index >= 15 is 0 Å². The van der Waals surface area contributed by atoms with E-state index in [2.05, 4.69) is 33.0 Å². The molecular weight excluding hydrogens is 290 g/mol. The van der Waals surface area contributed by atoms with Crippen molar-refractivity contribution in [3.8, 4) is 0 Å². The van der Waals surface area contributed by atoms with Gasteiger partial charge in [-0.2, -0.15) is 0 Å². The van der Waals surface area contributed by atoms with Crippen LogP contribution in [0.2, 0.25) is 0 Å². The maximum absolute atomic E-state index is 10.7. The summed E-state index contributed by atoms with van der Waals surface area (Å²) >= 11 is 3.43. The molecule has 2 bridgehead atoms. The molecule has 0 aromatic heterocycles. The van der Waals surface area contributed by atoms with Crippen LogP contribution in [0, 0.1) is 5.92 Å². The molecule has 1 aromatic rings. The lowest BCUT2D eigenvalue weighted by molar-refractivity contribution is -0.0775. The normalized spacial score (nSPS) is 35.2. The van der Waals surface area contributed by atoms with E-state index in [0.717, 1.165) is 42.5 Å². The molecule has 4 rings (SSSR count). The fraction of sp³-hybridized carbons (Fsp3) is 0.467. The number of halogens is 1. The Balaban J connectivity index is 1.77. The summed E-state index contributed by atoms with van der Waals surface area (Å²) in [6.07, 6.45) is 6.31. The maximum atomic E-state index is 10.7. The van der Waals surface area contributed by atoms with E-state index in [0.29, 0.717) is 5.92 Å². The number of fused-ring (bicyclic) bond motifs is 3. The number of hydrogen-bond donors (Lipinski definition) is 1. The molecule has 1 aromatic carbocycles. The standard InChI is InChI=1S/C15H18BrNO/c16-14-3-1-12(2-4-14)5-8-15(18)11-17-9-6-13(15)7-10-17/h1-5,8,13,18H,6-7,9-11H2/b8-5+. The van der Waals surface area contributed by atoms with Crippen molar-refractivity contribution in [1.29, 1.82) is 0 Å². The smallest absolute Gasteiger partial charge is 0.0986 e. The van der Waals surface area contributed by atoms with Gasteiger partial charge in [-0.15, -0.1) is 0 Å². The molecule has 2 nitrogen and oxygen atoms in total. The van der Waals surface area contributed by atoms with Crippen LogP contribution in [-0.2, 0) is 0 Å². The monoisotopic (exact) mass is 307 g/mol. The quantitative estimate of drug-likeness (QED) is 0.908. The molecule has 1 atom stereocenters. The third-order valence-electron chi connectivity index (χ3n) is 4.21. The first-order valence-electron chi connectivity index (χ1n) is 6.55. The zero-order valence-corrected chi connectivity index (χ0v) is 11.9. The van der Waals surface area contributed by atoms with Gasteiger partial charge in [0.15, 0.2) is 0 Å². The van der Waals surface area contributed by atoms with Gasteiger partial charge in [0.2, 0.25) is 0 Å². The van der Waals surface area contributed by atoms with Crippen molar-refractivity contribution < 1.29 is 5.11 Å². The Morgan fingerprint density at radius 1 is 1.22 bits per heavy atom. The third-order valence-corrected chi connectivity index (χ3v) is 4.73. The first-order valence-corrected chi connectivity index (χ1v) is 7.35. The summed E-state index contributed by atoms with van der Waals surface area (Å²) in [7, 11) is 0. The summed E-state index contributed by atoms with van der Waals surface area (Å²) in [4.78, 5) is 2.37. The lowest BCUT2D eigenvalue weighted by atomic mass is 9.75. The highest BCUT2D eigenvalue weighted by Gasteiger charge is 2.43. The van der Waals surface area contributed by atoms with Gasteiger partial charge < -0.3 is 10.0 Å². The Kier molecular flexibility index (Phi) is 3.31. The first kappa shape index (κ1) is 12.4. The van der Waals surface area contributed by atoms with Crippen LogP contribution in [0.3, 0.4) is 0 Å². The number of rotatable bonds is 2. The predicted molar refractivity (Wildman–Crippen MR) is 77.3 cm³/mol. The maximum Gasteiger partial charge on any atom is 0.0986 e. The van der Waals surface area contributed by atoms with E-state index in [1.54, 1.807) is 0 Å². The molecule has 96 valence electrons. The lowest BCUT2D eigenvalue weighted by Crippen LogP contribution is -2.58. The number of aliphatic hydroxyl groups is 1. The van der Waals surface area contributed by atoms with Gasteiger partial charge in [0, 0.05) is 11.0 Å². The highest BCUT2D eigenvalue weighted by Crippen LogP contribution is 2.36. The van der Waals surface area contributed by atoms with Crippen molar-refractivity contribution in [1.82, 2.24) is 4.90 Å². The Bertz CT molecular complexity index is 448. The summed E-state index contributed by atoms with van der Waals surface area (Å²) in [6, 6.07) is 8.18. The van der Waals surface area contributed by atoms with Gasteiger partial charge in [-0.05, 0) is 49.5 Å². The second-order valence-corrected chi connectivity index (χ2v) is 6.34. The minimum Gasteiger partial charge on any atom is -0.384 e. The van der Waals surface area contributed by atoms with Crippen LogP contribution in [0.4, 0.5) is 0 Å². The van der Waals surface area contributed by atoms with Gasteiger partial charge in [0.1, 0.15) is 0 Å². The zero-order valence-electron chi connectivity index (χ0n) is 10.3. The SMILES string of the molecule is OC1(/C=C/c2ccc(Br)cc2)CN2CCC1CC2. The molecule has 3 heterocycles. The van der Waals surface area contributed by atoms with Crippen molar-refractivity contribution >= 4 is 22.0 Å². The molecule has 18 heavy (non-hydrogen) atoms. The van der Waals surface area contributed by atoms with Crippen molar-refractivity contribution in [2.45, 2.75) is 18.4 Å². The van der Waals surface area contributed by atoms with Crippen molar-refractivity contribution in [3.05, 3.63) is 40.4 Å². The van der Waals surface area contributed by atoms with E-state index < -0.39 is 5.60 Å². The summed E-state index contributed by atoms with van der Waals surface area (Å²) in [6.45, 7) is 3.10. The highest BCUT2D eigenvalue weighted by atomic mass is 79.9. The third kappa shape index (κ3) is 2.40. The van der Waals surface area contributed by atoms with Crippen LogP contribution in [0.5, 0.6) is 0 Å². The van der Waals surface area contributed by atoms with E-state index in [9.17, 15) is 5.11 Å². The topological polar surface area (TPSA) is 23.5 Å². The fourth-order valence-electron chi connectivity index (χ4n) is 3.08. The molecule has 0 saturated carbocycles. The van der Waals surface area contributed by atoms with Crippen LogP contribution >= 0.6 is 15.9 Å². The molecule has 0 spiro atoms. The summed E-state index contributed by atoms with van der Waals surface area (Å²) < 4.78 is 1.08. The largest absolute Gasteiger partial charge is 0.384 e. The van der Waals surface area contributed by atoms with E-state index in [-0.39, 0.29) is 0 Å². The number of hydrogen-bond acceptors (Lipinski definition) is 2. The molecule has 3 aliphatic rings. The van der Waals surface area contributed by atoms with E-state index in [1.165, 1.54) is 0 Å². The second-order valence-electron chi connectivity index (χ2n) is 5.43. The Hall–Kier alpha value is -0.640. The number of nitrogens with zero attached hydrogens (tertiary/aromatic N) is 1. The van der Waals surface area contributed by atoms with Crippen molar-refractivity contribution in [3.63, 3.8) is 0 Å². The molecule has 0 aliphatic carbocycles. The zero-order chi connectivity index (χ0) is 12.6. The predicted octanol–water partition coefficient (Wildman–Crippen LogP) is 2.92. The average molecular weight is 308 g/mol. The van der Waals surface area contributed by atoms with Crippen LogP contribution in [0.1, 0.15) is 18.4 Å². The molecule has 3 heteroatoms. The van der Waals surface area contributed by atoms with Gasteiger partial charge >= 0.3 is 0 Å². The number of benzene rings is 1. The summed E-state index contributed by atoms with van der Waals surface area (Å²) in [5.74, 6) is 0.439. The molecule has 3 fully saturated rings. The molecule has 0 radical (unpaired) electrons. The molecule has 0 amide bonds. The Labute approximate surface area is 116 Å². The molecule has 1 N–H and O–H groups in total. The van der Waals surface area contributed by atoms with E-state index in [1.807, 2.05) is 24.3 Å². The van der Waals surface area contributed by atoms with Crippen LogP contribution in [-0.4, -0.2) is 35.2 Å². The molecule has 3 aliphatic heterocycles. The van der Waals surface area contributed by atoms with Gasteiger partial charge in [0.05, 0.1) is 5.60 Å². The van der Waals surface area contributed by atoms with Crippen LogP contribution in [0.25, 0.3) is 6.08 Å². The fourth-order valence-corrected chi connectivity index (χ4v) is 3.35. The van der Waals surface area contributed by atoms with Crippen molar-refractivity contribution in [2.75, 3.05) is 19.6 Å². The lowest BCUT2D eigenvalue weighted by Gasteiger charge is -2.49. The van der Waals surface area contributed by atoms with Crippen LogP contribution < -0.4 is 0 Å².